The lowest BCUT2D eigenvalue weighted by Gasteiger charge is -2.46. The molecule has 2 bridgehead atoms. The van der Waals surface area contributed by atoms with E-state index in [9.17, 15) is 4.79 Å². The predicted octanol–water partition coefficient (Wildman–Crippen LogP) is 4.09. The van der Waals surface area contributed by atoms with Gasteiger partial charge in [0, 0.05) is 42.3 Å². The molecular formula is C29H34F2N6O3. The Hall–Kier alpha value is -3.73. The number of aromatic nitrogens is 2. The number of pyridine rings is 2. The Morgan fingerprint density at radius 1 is 1.30 bits per heavy atom. The van der Waals surface area contributed by atoms with Gasteiger partial charge in [-0.05, 0) is 59.1 Å². The molecule has 2 fully saturated rings. The number of fused-ring (bicyclic) bond motifs is 5. The van der Waals surface area contributed by atoms with E-state index in [1.54, 1.807) is 20.8 Å². The number of amides is 1. The van der Waals surface area contributed by atoms with E-state index in [1.165, 1.54) is 13.1 Å². The largest absolute Gasteiger partial charge is 0.487 e. The SMILES string of the molecule is CNC(=O)c1nc2c3c(nc(-c4cc(N)cc(F)c4OC(C)C)c(F)c3c1C)OC(C)C1C3CCC(C)(CN21)N3. The molecule has 0 saturated carbocycles. The summed E-state index contributed by atoms with van der Waals surface area (Å²) in [6.45, 7) is 9.88. The summed E-state index contributed by atoms with van der Waals surface area (Å²) in [4.78, 5) is 24.7. The van der Waals surface area contributed by atoms with Crippen LogP contribution in [0.15, 0.2) is 12.1 Å². The lowest BCUT2D eigenvalue weighted by Crippen LogP contribution is -2.66. The number of benzene rings is 1. The van der Waals surface area contributed by atoms with E-state index in [0.717, 1.165) is 18.9 Å². The van der Waals surface area contributed by atoms with Crippen molar-refractivity contribution in [3.63, 3.8) is 0 Å². The number of carbonyl (C=O) groups is 1. The Morgan fingerprint density at radius 3 is 2.75 bits per heavy atom. The van der Waals surface area contributed by atoms with Crippen LogP contribution in [0.5, 0.6) is 11.6 Å². The average Bonchev–Trinajstić information content (AvgIpc) is 3.14. The molecule has 212 valence electrons. The lowest BCUT2D eigenvalue weighted by atomic mass is 9.95. The van der Waals surface area contributed by atoms with Crippen molar-refractivity contribution < 1.29 is 23.0 Å². The molecule has 5 heterocycles. The van der Waals surface area contributed by atoms with Crippen molar-refractivity contribution in [3.05, 3.63) is 35.0 Å². The second kappa shape index (κ2) is 9.15. The number of hydrogen-bond acceptors (Lipinski definition) is 8. The van der Waals surface area contributed by atoms with Crippen molar-refractivity contribution in [1.29, 1.82) is 0 Å². The van der Waals surface area contributed by atoms with Crippen LogP contribution < -0.4 is 30.7 Å². The molecule has 2 aromatic heterocycles. The fraction of sp³-hybridized carbons (Fsp3) is 0.483. The van der Waals surface area contributed by atoms with Gasteiger partial charge in [0.05, 0.1) is 23.1 Å². The maximum absolute atomic E-state index is 16.8. The summed E-state index contributed by atoms with van der Waals surface area (Å²) in [5, 5.41) is 6.90. The first-order chi connectivity index (χ1) is 18.9. The van der Waals surface area contributed by atoms with Gasteiger partial charge in [0.25, 0.3) is 5.91 Å². The fourth-order valence-corrected chi connectivity index (χ4v) is 6.61. The number of piperazine rings is 1. The minimum Gasteiger partial charge on any atom is -0.487 e. The summed E-state index contributed by atoms with van der Waals surface area (Å²) in [7, 11) is 1.51. The van der Waals surface area contributed by atoms with Gasteiger partial charge < -0.3 is 30.7 Å². The van der Waals surface area contributed by atoms with E-state index >= 15 is 8.78 Å². The van der Waals surface area contributed by atoms with Gasteiger partial charge >= 0.3 is 0 Å². The number of nitrogens with one attached hydrogen (secondary N) is 2. The quantitative estimate of drug-likeness (QED) is 0.415. The molecule has 11 heteroatoms. The first-order valence-electron chi connectivity index (χ1n) is 13.7. The van der Waals surface area contributed by atoms with Gasteiger partial charge in [-0.3, -0.25) is 4.79 Å². The van der Waals surface area contributed by atoms with Crippen molar-refractivity contribution >= 4 is 28.2 Å². The first-order valence-corrected chi connectivity index (χ1v) is 13.7. The summed E-state index contributed by atoms with van der Waals surface area (Å²) in [6, 6.07) is 2.56. The summed E-state index contributed by atoms with van der Waals surface area (Å²) in [5.41, 5.74) is 6.25. The van der Waals surface area contributed by atoms with Crippen molar-refractivity contribution in [2.45, 2.75) is 77.3 Å². The van der Waals surface area contributed by atoms with E-state index in [2.05, 4.69) is 27.4 Å². The summed E-state index contributed by atoms with van der Waals surface area (Å²) in [5.74, 6) is -1.43. The van der Waals surface area contributed by atoms with Crippen molar-refractivity contribution in [1.82, 2.24) is 20.6 Å². The monoisotopic (exact) mass is 552 g/mol. The Morgan fingerprint density at radius 2 is 2.05 bits per heavy atom. The molecule has 40 heavy (non-hydrogen) atoms. The third-order valence-electron chi connectivity index (χ3n) is 8.28. The number of aryl methyl sites for hydroxylation is 1. The number of carbonyl (C=O) groups excluding carboxylic acids is 1. The van der Waals surface area contributed by atoms with Gasteiger partial charge in [-0.2, -0.15) is 0 Å². The zero-order valence-electron chi connectivity index (χ0n) is 23.5. The second-order valence-corrected chi connectivity index (χ2v) is 11.7. The maximum atomic E-state index is 16.8. The smallest absolute Gasteiger partial charge is 0.270 e. The fourth-order valence-electron chi connectivity index (χ4n) is 6.61. The highest BCUT2D eigenvalue weighted by Crippen LogP contribution is 2.48. The number of nitrogens with zero attached hydrogens (tertiary/aromatic N) is 3. The minimum absolute atomic E-state index is 0.0626. The minimum atomic E-state index is -0.734. The predicted molar refractivity (Wildman–Crippen MR) is 149 cm³/mol. The number of nitrogen functional groups attached to an aromatic ring is 1. The molecule has 0 radical (unpaired) electrons. The molecule has 3 aromatic rings. The van der Waals surface area contributed by atoms with E-state index < -0.39 is 23.6 Å². The van der Waals surface area contributed by atoms with Crippen molar-refractivity contribution in [3.8, 4) is 22.9 Å². The summed E-state index contributed by atoms with van der Waals surface area (Å²) in [6.07, 6.45) is 1.18. The highest BCUT2D eigenvalue weighted by Gasteiger charge is 2.51. The molecule has 4 atom stereocenters. The number of hydrogen-bond donors (Lipinski definition) is 3. The van der Waals surface area contributed by atoms with E-state index in [-0.39, 0.29) is 63.4 Å². The number of halogens is 2. The van der Waals surface area contributed by atoms with Gasteiger partial charge in [0.1, 0.15) is 23.3 Å². The second-order valence-electron chi connectivity index (χ2n) is 11.7. The Balaban J connectivity index is 1.70. The van der Waals surface area contributed by atoms with Crippen LogP contribution in [-0.2, 0) is 0 Å². The van der Waals surface area contributed by atoms with Crippen LogP contribution in [0.25, 0.3) is 22.0 Å². The molecule has 9 nitrogen and oxygen atoms in total. The van der Waals surface area contributed by atoms with Gasteiger partial charge in [0.15, 0.2) is 17.4 Å². The molecule has 1 aromatic carbocycles. The Labute approximate surface area is 231 Å². The van der Waals surface area contributed by atoms with Crippen LogP contribution in [-0.4, -0.2) is 59.3 Å². The topological polar surface area (TPSA) is 115 Å². The first kappa shape index (κ1) is 26.5. The van der Waals surface area contributed by atoms with Crippen LogP contribution in [0, 0.1) is 18.6 Å². The third-order valence-corrected chi connectivity index (χ3v) is 8.28. The summed E-state index contributed by atoms with van der Waals surface area (Å²) >= 11 is 0. The molecule has 0 aliphatic carbocycles. The molecule has 4 unspecified atom stereocenters. The molecule has 3 aliphatic rings. The Bertz CT molecular complexity index is 1560. The van der Waals surface area contributed by atoms with E-state index in [1.807, 2.05) is 6.92 Å². The number of anilines is 2. The molecule has 2 saturated heterocycles. The zero-order chi connectivity index (χ0) is 28.7. The van der Waals surface area contributed by atoms with E-state index in [0.29, 0.717) is 23.3 Å². The Kier molecular flexibility index (Phi) is 6.06. The number of nitrogens with two attached hydrogens (primary N) is 1. The molecule has 3 aliphatic heterocycles. The molecule has 4 N–H and O–H groups in total. The normalized spacial score (nSPS) is 25.0. The molecular weight excluding hydrogens is 518 g/mol. The summed E-state index contributed by atoms with van der Waals surface area (Å²) < 4.78 is 44.2. The average molecular weight is 553 g/mol. The van der Waals surface area contributed by atoms with Crippen molar-refractivity contribution in [2.75, 3.05) is 24.2 Å². The number of rotatable bonds is 4. The van der Waals surface area contributed by atoms with Crippen LogP contribution in [0.3, 0.4) is 0 Å². The van der Waals surface area contributed by atoms with Crippen LogP contribution in [0.4, 0.5) is 20.3 Å². The van der Waals surface area contributed by atoms with Crippen LogP contribution in [0.1, 0.15) is 56.6 Å². The van der Waals surface area contributed by atoms with Crippen molar-refractivity contribution in [2.24, 2.45) is 0 Å². The highest BCUT2D eigenvalue weighted by atomic mass is 19.1. The van der Waals surface area contributed by atoms with Gasteiger partial charge in [-0.1, -0.05) is 0 Å². The van der Waals surface area contributed by atoms with Gasteiger partial charge in [0.2, 0.25) is 5.88 Å². The highest BCUT2D eigenvalue weighted by molar-refractivity contribution is 6.07. The zero-order valence-corrected chi connectivity index (χ0v) is 23.5. The lowest BCUT2D eigenvalue weighted by molar-refractivity contribution is 0.0957. The van der Waals surface area contributed by atoms with Gasteiger partial charge in [-0.25, -0.2) is 18.7 Å². The standard InChI is InChI=1S/C29H34F2N6O3/c1-12(2)39-25-16(9-15(32)10-17(25)30)23-21(31)19-13(3)22(27(38)33-6)34-26-20(19)28(35-23)40-14(4)24-18-7-8-29(5,36-18)11-37(24)26/h9-10,12,14,18,24,36H,7-8,11,32H2,1-6H3,(H,33,38). The third kappa shape index (κ3) is 3.93. The molecule has 1 amide bonds. The maximum Gasteiger partial charge on any atom is 0.270 e. The van der Waals surface area contributed by atoms with E-state index in [4.69, 9.17) is 20.2 Å². The van der Waals surface area contributed by atoms with Crippen LogP contribution >= 0.6 is 0 Å². The van der Waals surface area contributed by atoms with Gasteiger partial charge in [-0.15, -0.1) is 0 Å². The molecule has 6 rings (SSSR count). The number of ether oxygens (including phenoxy) is 2. The molecule has 0 spiro atoms. The van der Waals surface area contributed by atoms with Crippen LogP contribution in [0.2, 0.25) is 0 Å².